The average Bonchev–Trinajstić information content (AvgIpc) is 2.66. The fourth-order valence-corrected chi connectivity index (χ4v) is 1.31. The van der Waals surface area contributed by atoms with E-state index in [2.05, 4.69) is 4.98 Å². The summed E-state index contributed by atoms with van der Waals surface area (Å²) in [7, 11) is 0. The normalized spacial score (nSPS) is 9.38. The second-order valence-electron chi connectivity index (χ2n) is 3.21. The minimum absolute atomic E-state index is 0.112. The molecule has 6 heteroatoms. The molecule has 6 nitrogen and oxygen atoms in total. The maximum absolute atomic E-state index is 10.3. The maximum Gasteiger partial charge on any atom is 0.303 e. The summed E-state index contributed by atoms with van der Waals surface area (Å²) in [6.45, 7) is 0.505. The summed E-state index contributed by atoms with van der Waals surface area (Å²) < 4.78 is 1.57. The number of carboxylic acid groups (broad SMARTS) is 1. The van der Waals surface area contributed by atoms with Gasteiger partial charge >= 0.3 is 5.97 Å². The Bertz CT molecular complexity index is 464. The molecule has 0 bridgehead atoms. The SMILES string of the molecule is N#Cc1ncn(CCCCC(=O)O)c1C#N. The number of rotatable bonds is 5. The zero-order valence-corrected chi connectivity index (χ0v) is 8.55. The zero-order valence-electron chi connectivity index (χ0n) is 8.55. The highest BCUT2D eigenvalue weighted by Crippen LogP contribution is 2.07. The number of hydrogen-bond acceptors (Lipinski definition) is 4. The van der Waals surface area contributed by atoms with Gasteiger partial charge in [0.2, 0.25) is 0 Å². The van der Waals surface area contributed by atoms with Crippen molar-refractivity contribution in [2.45, 2.75) is 25.8 Å². The van der Waals surface area contributed by atoms with Gasteiger partial charge in [-0.2, -0.15) is 10.5 Å². The Labute approximate surface area is 92.4 Å². The highest BCUT2D eigenvalue weighted by Gasteiger charge is 2.09. The topological polar surface area (TPSA) is 103 Å². The Morgan fingerprint density at radius 3 is 2.75 bits per heavy atom. The van der Waals surface area contributed by atoms with Gasteiger partial charge in [0, 0.05) is 13.0 Å². The number of nitrogens with zero attached hydrogens (tertiary/aromatic N) is 4. The molecule has 0 unspecified atom stereocenters. The molecule has 0 amide bonds. The lowest BCUT2D eigenvalue weighted by Crippen LogP contribution is -2.01. The first-order valence-corrected chi connectivity index (χ1v) is 4.76. The minimum Gasteiger partial charge on any atom is -0.481 e. The smallest absolute Gasteiger partial charge is 0.303 e. The first kappa shape index (κ1) is 11.7. The van der Waals surface area contributed by atoms with E-state index in [0.717, 1.165) is 0 Å². The summed E-state index contributed by atoms with van der Waals surface area (Å²) in [6, 6.07) is 3.73. The zero-order chi connectivity index (χ0) is 12.0. The molecule has 0 saturated heterocycles. The molecule has 0 spiro atoms. The molecule has 1 N–H and O–H groups in total. The average molecular weight is 218 g/mol. The molecule has 82 valence electrons. The highest BCUT2D eigenvalue weighted by molar-refractivity contribution is 5.66. The van der Waals surface area contributed by atoms with E-state index >= 15 is 0 Å². The number of aromatic nitrogens is 2. The van der Waals surface area contributed by atoms with E-state index in [1.54, 1.807) is 4.57 Å². The predicted octanol–water partition coefficient (Wildman–Crippen LogP) is 0.881. The molecule has 1 aromatic rings. The van der Waals surface area contributed by atoms with Crippen molar-refractivity contribution in [1.29, 1.82) is 10.5 Å². The van der Waals surface area contributed by atoms with Crippen LogP contribution in [0.25, 0.3) is 0 Å². The molecule has 0 radical (unpaired) electrons. The van der Waals surface area contributed by atoms with Crippen molar-refractivity contribution in [2.75, 3.05) is 0 Å². The summed E-state index contributed by atoms with van der Waals surface area (Å²) in [5.41, 5.74) is 0.346. The van der Waals surface area contributed by atoms with Crippen molar-refractivity contribution in [2.24, 2.45) is 0 Å². The van der Waals surface area contributed by atoms with Crippen LogP contribution < -0.4 is 0 Å². The molecule has 0 aliphatic rings. The third kappa shape index (κ3) is 2.82. The lowest BCUT2D eigenvalue weighted by atomic mass is 10.2. The number of aliphatic carboxylic acids is 1. The van der Waals surface area contributed by atoms with Crippen LogP contribution in [0.5, 0.6) is 0 Å². The lowest BCUT2D eigenvalue weighted by molar-refractivity contribution is -0.137. The van der Waals surface area contributed by atoms with Crippen LogP contribution in [-0.4, -0.2) is 20.6 Å². The third-order valence-corrected chi connectivity index (χ3v) is 2.09. The molecule has 0 saturated carbocycles. The van der Waals surface area contributed by atoms with Crippen LogP contribution in [0, 0.1) is 22.7 Å². The second-order valence-corrected chi connectivity index (χ2v) is 3.21. The largest absolute Gasteiger partial charge is 0.481 e. The van der Waals surface area contributed by atoms with Crippen molar-refractivity contribution >= 4 is 5.97 Å². The number of hydrogen-bond donors (Lipinski definition) is 1. The van der Waals surface area contributed by atoms with E-state index in [9.17, 15) is 4.79 Å². The third-order valence-electron chi connectivity index (χ3n) is 2.09. The monoisotopic (exact) mass is 218 g/mol. The van der Waals surface area contributed by atoms with Crippen LogP contribution in [0.1, 0.15) is 30.7 Å². The summed E-state index contributed by atoms with van der Waals surface area (Å²) in [5, 5.41) is 25.9. The quantitative estimate of drug-likeness (QED) is 0.739. The maximum atomic E-state index is 10.3. The van der Waals surface area contributed by atoms with Gasteiger partial charge < -0.3 is 9.67 Å². The van der Waals surface area contributed by atoms with Gasteiger partial charge in [-0.15, -0.1) is 0 Å². The molecule has 0 fully saturated rings. The number of imidazole rings is 1. The van der Waals surface area contributed by atoms with Crippen LogP contribution in [0.3, 0.4) is 0 Å². The van der Waals surface area contributed by atoms with Gasteiger partial charge in [-0.25, -0.2) is 4.98 Å². The van der Waals surface area contributed by atoms with E-state index in [-0.39, 0.29) is 17.8 Å². The van der Waals surface area contributed by atoms with E-state index in [1.807, 2.05) is 12.1 Å². The fraction of sp³-hybridized carbons (Fsp3) is 0.400. The number of carbonyl (C=O) groups is 1. The number of unbranched alkanes of at least 4 members (excludes halogenated alkanes) is 1. The van der Waals surface area contributed by atoms with Gasteiger partial charge in [-0.3, -0.25) is 4.79 Å². The van der Waals surface area contributed by atoms with E-state index in [1.165, 1.54) is 6.33 Å². The molecular formula is C10H10N4O2. The van der Waals surface area contributed by atoms with Crippen LogP contribution in [0.15, 0.2) is 6.33 Å². The van der Waals surface area contributed by atoms with Crippen molar-refractivity contribution in [3.63, 3.8) is 0 Å². The Hall–Kier alpha value is -2.34. The number of aryl methyl sites for hydroxylation is 1. The molecular weight excluding hydrogens is 208 g/mol. The molecule has 1 rings (SSSR count). The van der Waals surface area contributed by atoms with Crippen molar-refractivity contribution in [3.8, 4) is 12.1 Å². The van der Waals surface area contributed by atoms with Crippen molar-refractivity contribution in [3.05, 3.63) is 17.7 Å². The van der Waals surface area contributed by atoms with Crippen molar-refractivity contribution in [1.82, 2.24) is 9.55 Å². The Kier molecular flexibility index (Phi) is 4.05. The molecule has 0 aliphatic heterocycles. The van der Waals surface area contributed by atoms with E-state index in [0.29, 0.717) is 19.4 Å². The van der Waals surface area contributed by atoms with Gasteiger partial charge in [0.15, 0.2) is 11.4 Å². The fourth-order valence-electron chi connectivity index (χ4n) is 1.31. The summed E-state index contributed by atoms with van der Waals surface area (Å²) >= 11 is 0. The van der Waals surface area contributed by atoms with Gasteiger partial charge in [0.05, 0.1) is 6.33 Å². The predicted molar refractivity (Wildman–Crippen MR) is 53.1 cm³/mol. The Morgan fingerprint density at radius 2 is 2.19 bits per heavy atom. The molecule has 0 atom stereocenters. The number of nitriles is 2. The van der Waals surface area contributed by atoms with Crippen molar-refractivity contribution < 1.29 is 9.90 Å². The van der Waals surface area contributed by atoms with Crippen LogP contribution >= 0.6 is 0 Å². The Morgan fingerprint density at radius 1 is 1.44 bits per heavy atom. The standard InChI is InChI=1S/C10H10N4O2/c11-5-8-9(6-12)14(7-13-8)4-2-1-3-10(15)16/h7H,1-4H2,(H,15,16). The molecule has 1 heterocycles. The molecule has 16 heavy (non-hydrogen) atoms. The molecule has 1 aromatic heterocycles. The first-order chi connectivity index (χ1) is 7.69. The summed E-state index contributed by atoms with van der Waals surface area (Å²) in [4.78, 5) is 14.1. The number of carboxylic acids is 1. The summed E-state index contributed by atoms with van der Waals surface area (Å²) in [6.07, 6.45) is 2.72. The van der Waals surface area contributed by atoms with E-state index in [4.69, 9.17) is 15.6 Å². The molecule has 0 aliphatic carbocycles. The van der Waals surface area contributed by atoms with Crippen LogP contribution in [0.4, 0.5) is 0 Å². The molecule has 0 aromatic carbocycles. The lowest BCUT2D eigenvalue weighted by Gasteiger charge is -2.01. The minimum atomic E-state index is -0.830. The second kappa shape index (κ2) is 5.52. The van der Waals surface area contributed by atoms with Gasteiger partial charge in [-0.05, 0) is 12.8 Å². The van der Waals surface area contributed by atoms with Crippen LogP contribution in [0.2, 0.25) is 0 Å². The van der Waals surface area contributed by atoms with Gasteiger partial charge in [-0.1, -0.05) is 0 Å². The first-order valence-electron chi connectivity index (χ1n) is 4.76. The summed E-state index contributed by atoms with van der Waals surface area (Å²) in [5.74, 6) is -0.830. The highest BCUT2D eigenvalue weighted by atomic mass is 16.4. The van der Waals surface area contributed by atoms with Crippen LogP contribution in [-0.2, 0) is 11.3 Å². The van der Waals surface area contributed by atoms with E-state index < -0.39 is 5.97 Å². The van der Waals surface area contributed by atoms with Gasteiger partial charge in [0.25, 0.3) is 0 Å². The van der Waals surface area contributed by atoms with Gasteiger partial charge in [0.1, 0.15) is 12.1 Å². The Balaban J connectivity index is 2.56.